The van der Waals surface area contributed by atoms with Crippen LogP contribution in [0.1, 0.15) is 37.7 Å². The van der Waals surface area contributed by atoms with E-state index in [4.69, 9.17) is 0 Å². The average molecular weight is 325 g/mol. The van der Waals surface area contributed by atoms with Crippen molar-refractivity contribution >= 4 is 0 Å². The SMILES string of the molecule is CC(c1ccccc1-c1ccccc1)C(O)C(O)N1CCCCC1. The molecule has 1 aliphatic rings. The Morgan fingerprint density at radius 2 is 1.46 bits per heavy atom. The third kappa shape index (κ3) is 3.69. The second-order valence-electron chi connectivity index (χ2n) is 6.74. The van der Waals surface area contributed by atoms with Crippen molar-refractivity contribution in [3.63, 3.8) is 0 Å². The van der Waals surface area contributed by atoms with E-state index in [9.17, 15) is 10.2 Å². The predicted molar refractivity (Wildman–Crippen MR) is 97.7 cm³/mol. The molecule has 0 aliphatic carbocycles. The molecule has 3 unspecified atom stereocenters. The second-order valence-corrected chi connectivity index (χ2v) is 6.74. The molecule has 1 fully saturated rings. The lowest BCUT2D eigenvalue weighted by Crippen LogP contribution is -2.47. The van der Waals surface area contributed by atoms with Crippen LogP contribution in [-0.4, -0.2) is 40.5 Å². The highest BCUT2D eigenvalue weighted by Gasteiger charge is 2.30. The summed E-state index contributed by atoms with van der Waals surface area (Å²) >= 11 is 0. The molecule has 0 amide bonds. The standard InChI is InChI=1S/C21H27NO2/c1-16(20(23)21(24)22-14-8-3-9-15-22)18-12-6-7-13-19(18)17-10-4-2-5-11-17/h2,4-7,10-13,16,20-21,23-24H,3,8-9,14-15H2,1H3. The Kier molecular flexibility index (Phi) is 5.67. The van der Waals surface area contributed by atoms with Crippen molar-refractivity contribution in [2.45, 2.75) is 44.4 Å². The Labute approximate surface area is 144 Å². The van der Waals surface area contributed by atoms with Gasteiger partial charge in [-0.15, -0.1) is 0 Å². The van der Waals surface area contributed by atoms with Crippen LogP contribution in [0.2, 0.25) is 0 Å². The lowest BCUT2D eigenvalue weighted by Gasteiger charge is -2.36. The first kappa shape index (κ1) is 17.2. The summed E-state index contributed by atoms with van der Waals surface area (Å²) in [6, 6.07) is 18.4. The predicted octanol–water partition coefficient (Wildman–Crippen LogP) is 3.62. The highest BCUT2D eigenvalue weighted by molar-refractivity contribution is 5.68. The van der Waals surface area contributed by atoms with Gasteiger partial charge in [0.2, 0.25) is 0 Å². The molecule has 3 atom stereocenters. The molecule has 1 aliphatic heterocycles. The van der Waals surface area contributed by atoms with Crippen molar-refractivity contribution < 1.29 is 10.2 Å². The molecule has 128 valence electrons. The molecule has 2 aromatic rings. The third-order valence-electron chi connectivity index (χ3n) is 5.12. The van der Waals surface area contributed by atoms with E-state index in [0.717, 1.165) is 42.6 Å². The van der Waals surface area contributed by atoms with Gasteiger partial charge in [0.05, 0.1) is 0 Å². The van der Waals surface area contributed by atoms with Crippen molar-refractivity contribution in [3.8, 4) is 11.1 Å². The Hall–Kier alpha value is -1.68. The number of benzene rings is 2. The Balaban J connectivity index is 1.83. The van der Waals surface area contributed by atoms with E-state index in [1.54, 1.807) is 0 Å². The zero-order valence-corrected chi connectivity index (χ0v) is 14.3. The molecule has 0 spiro atoms. The Morgan fingerprint density at radius 3 is 2.17 bits per heavy atom. The highest BCUT2D eigenvalue weighted by Crippen LogP contribution is 2.32. The summed E-state index contributed by atoms with van der Waals surface area (Å²) in [5, 5.41) is 21.4. The molecule has 0 radical (unpaired) electrons. The highest BCUT2D eigenvalue weighted by atomic mass is 16.3. The van der Waals surface area contributed by atoms with Gasteiger partial charge in [0.1, 0.15) is 12.3 Å². The molecule has 2 N–H and O–H groups in total. The first-order chi connectivity index (χ1) is 11.7. The first-order valence-electron chi connectivity index (χ1n) is 8.93. The van der Waals surface area contributed by atoms with Gasteiger partial charge in [0.15, 0.2) is 0 Å². The van der Waals surface area contributed by atoms with E-state index in [0.29, 0.717) is 0 Å². The van der Waals surface area contributed by atoms with Crippen molar-refractivity contribution in [1.82, 2.24) is 4.90 Å². The number of likely N-dealkylation sites (tertiary alicyclic amines) is 1. The number of nitrogens with zero attached hydrogens (tertiary/aromatic N) is 1. The number of aliphatic hydroxyl groups excluding tert-OH is 2. The van der Waals surface area contributed by atoms with Crippen LogP contribution in [0.4, 0.5) is 0 Å². The van der Waals surface area contributed by atoms with Crippen molar-refractivity contribution in [1.29, 1.82) is 0 Å². The molecule has 1 heterocycles. The Morgan fingerprint density at radius 1 is 0.833 bits per heavy atom. The summed E-state index contributed by atoms with van der Waals surface area (Å²) in [6.07, 6.45) is 1.81. The third-order valence-corrected chi connectivity index (χ3v) is 5.12. The minimum absolute atomic E-state index is 0.140. The van der Waals surface area contributed by atoms with Gasteiger partial charge in [-0.25, -0.2) is 0 Å². The summed E-state index contributed by atoms with van der Waals surface area (Å²) in [5.74, 6) is -0.140. The molecular formula is C21H27NO2. The van der Waals surface area contributed by atoms with Gasteiger partial charge in [-0.1, -0.05) is 67.9 Å². The number of hydrogen-bond acceptors (Lipinski definition) is 3. The smallest absolute Gasteiger partial charge is 0.134 e. The van der Waals surface area contributed by atoms with Crippen LogP contribution in [0.5, 0.6) is 0 Å². The fraction of sp³-hybridized carbons (Fsp3) is 0.429. The van der Waals surface area contributed by atoms with Crippen molar-refractivity contribution in [2.24, 2.45) is 0 Å². The van der Waals surface area contributed by atoms with E-state index in [1.165, 1.54) is 6.42 Å². The lowest BCUT2D eigenvalue weighted by molar-refractivity contribution is -0.0965. The number of rotatable bonds is 5. The van der Waals surface area contributed by atoms with Gasteiger partial charge in [0, 0.05) is 19.0 Å². The normalized spacial score (nSPS) is 19.6. The second kappa shape index (κ2) is 7.93. The van der Waals surface area contributed by atoms with Crippen LogP contribution >= 0.6 is 0 Å². The fourth-order valence-corrected chi connectivity index (χ4v) is 3.62. The van der Waals surface area contributed by atoms with Crippen molar-refractivity contribution in [2.75, 3.05) is 13.1 Å². The van der Waals surface area contributed by atoms with Gasteiger partial charge < -0.3 is 10.2 Å². The minimum atomic E-state index is -0.802. The van der Waals surface area contributed by atoms with Gasteiger partial charge in [-0.2, -0.15) is 0 Å². The van der Waals surface area contributed by atoms with Crippen molar-refractivity contribution in [3.05, 3.63) is 60.2 Å². The average Bonchev–Trinajstić information content (AvgIpc) is 2.67. The topological polar surface area (TPSA) is 43.7 Å². The van der Waals surface area contributed by atoms with Gasteiger partial charge >= 0.3 is 0 Å². The van der Waals surface area contributed by atoms with E-state index in [1.807, 2.05) is 42.2 Å². The van der Waals surface area contributed by atoms with Crippen LogP contribution in [0.15, 0.2) is 54.6 Å². The molecule has 0 saturated carbocycles. The first-order valence-corrected chi connectivity index (χ1v) is 8.93. The molecule has 3 heteroatoms. The lowest BCUT2D eigenvalue weighted by atomic mass is 9.87. The summed E-state index contributed by atoms with van der Waals surface area (Å²) in [5.41, 5.74) is 3.34. The molecule has 0 aromatic heterocycles. The van der Waals surface area contributed by atoms with Crippen LogP contribution < -0.4 is 0 Å². The fourth-order valence-electron chi connectivity index (χ4n) is 3.62. The van der Waals surface area contributed by atoms with Crippen LogP contribution in [-0.2, 0) is 0 Å². The number of aliphatic hydroxyl groups is 2. The van der Waals surface area contributed by atoms with Gasteiger partial charge in [-0.3, -0.25) is 4.90 Å². The maximum Gasteiger partial charge on any atom is 0.134 e. The molecular weight excluding hydrogens is 298 g/mol. The zero-order chi connectivity index (χ0) is 16.9. The molecule has 2 aromatic carbocycles. The summed E-state index contributed by atoms with van der Waals surface area (Å²) in [7, 11) is 0. The van der Waals surface area contributed by atoms with E-state index in [2.05, 4.69) is 24.3 Å². The monoisotopic (exact) mass is 325 g/mol. The molecule has 3 nitrogen and oxygen atoms in total. The Bertz CT molecular complexity index is 637. The summed E-state index contributed by atoms with van der Waals surface area (Å²) < 4.78 is 0. The molecule has 24 heavy (non-hydrogen) atoms. The largest absolute Gasteiger partial charge is 0.388 e. The van der Waals surface area contributed by atoms with E-state index < -0.39 is 12.3 Å². The zero-order valence-electron chi connectivity index (χ0n) is 14.3. The van der Waals surface area contributed by atoms with Crippen LogP contribution in [0.25, 0.3) is 11.1 Å². The van der Waals surface area contributed by atoms with Gasteiger partial charge in [-0.05, 0) is 29.5 Å². The molecule has 3 rings (SSSR count). The van der Waals surface area contributed by atoms with Crippen LogP contribution in [0.3, 0.4) is 0 Å². The quantitative estimate of drug-likeness (QED) is 0.882. The summed E-state index contributed by atoms with van der Waals surface area (Å²) in [6.45, 7) is 3.73. The minimum Gasteiger partial charge on any atom is -0.388 e. The maximum atomic E-state index is 10.8. The van der Waals surface area contributed by atoms with E-state index >= 15 is 0 Å². The van der Waals surface area contributed by atoms with Gasteiger partial charge in [0.25, 0.3) is 0 Å². The van der Waals surface area contributed by atoms with E-state index in [-0.39, 0.29) is 5.92 Å². The summed E-state index contributed by atoms with van der Waals surface area (Å²) in [4.78, 5) is 2.01. The maximum absolute atomic E-state index is 10.8. The molecule has 0 bridgehead atoms. The number of hydrogen-bond donors (Lipinski definition) is 2. The van der Waals surface area contributed by atoms with Crippen LogP contribution in [0, 0.1) is 0 Å². The molecule has 1 saturated heterocycles. The number of piperidine rings is 1.